The maximum absolute atomic E-state index is 11.8. The minimum atomic E-state index is -1.44. The zero-order valence-corrected chi connectivity index (χ0v) is 18.1. The van der Waals surface area contributed by atoms with E-state index in [0.29, 0.717) is 5.69 Å². The van der Waals surface area contributed by atoms with Crippen molar-refractivity contribution >= 4 is 29.5 Å². The summed E-state index contributed by atoms with van der Waals surface area (Å²) in [5, 5.41) is 30.1. The van der Waals surface area contributed by atoms with E-state index in [9.17, 15) is 15.0 Å². The van der Waals surface area contributed by atoms with Crippen LogP contribution in [0, 0.1) is 11.8 Å². The molecule has 0 unspecified atom stereocenters. The van der Waals surface area contributed by atoms with Gasteiger partial charge in [-0.1, -0.05) is 10.2 Å². The van der Waals surface area contributed by atoms with Crippen LogP contribution in [0.4, 0.5) is 5.95 Å². The first-order chi connectivity index (χ1) is 16.3. The average molecular weight is 490 g/mol. The number of H-pyrrole nitrogens is 1. The lowest BCUT2D eigenvalue weighted by molar-refractivity contribution is 0.0687. The molecule has 0 amide bonds. The van der Waals surface area contributed by atoms with Gasteiger partial charge in [-0.3, -0.25) is 4.57 Å². The highest BCUT2D eigenvalue weighted by molar-refractivity contribution is 6.22. The van der Waals surface area contributed by atoms with Crippen LogP contribution >= 0.6 is 11.6 Å². The van der Waals surface area contributed by atoms with Crippen LogP contribution < -0.4 is 16.8 Å². The van der Waals surface area contributed by atoms with E-state index in [1.807, 2.05) is 0 Å². The zero-order valence-electron chi connectivity index (χ0n) is 17.4. The lowest BCUT2D eigenvalue weighted by Crippen LogP contribution is -2.60. The molecule has 4 rings (SSSR count). The molecule has 2 aromatic rings. The Morgan fingerprint density at radius 2 is 1.97 bits per heavy atom. The minimum absolute atomic E-state index is 0.0290. The van der Waals surface area contributed by atoms with E-state index in [2.05, 4.69) is 40.3 Å². The van der Waals surface area contributed by atoms with Crippen molar-refractivity contribution in [1.82, 2.24) is 19.9 Å². The van der Waals surface area contributed by atoms with Crippen molar-refractivity contribution in [3.63, 3.8) is 0 Å². The number of anilines is 1. The number of guanidine groups is 1. The Hall–Kier alpha value is -4.10. The highest BCUT2D eigenvalue weighted by atomic mass is 35.5. The second-order valence-electron chi connectivity index (χ2n) is 7.91. The Balaban J connectivity index is 1.96. The number of aliphatic imine (C=N–C) groups is 1. The third kappa shape index (κ3) is 3.41. The number of carboxylic acid groups (broad SMARTS) is 1. The highest BCUT2D eigenvalue weighted by Gasteiger charge is 2.66. The second-order valence-corrected chi connectivity index (χ2v) is 8.38. The first kappa shape index (κ1) is 23.1. The first-order valence-electron chi connectivity index (χ1n) is 9.97. The molecule has 8 N–H and O–H groups in total. The maximum Gasteiger partial charge on any atom is 0.352 e. The van der Waals surface area contributed by atoms with Gasteiger partial charge in [-0.25, -0.2) is 9.79 Å². The molecule has 1 aliphatic carbocycles. The van der Waals surface area contributed by atoms with Gasteiger partial charge in [-0.15, -0.1) is 11.6 Å². The molecule has 2 aromatic heterocycles. The normalized spacial score (nSPS) is 29.8. The predicted molar refractivity (Wildman–Crippen MR) is 120 cm³/mol. The molecule has 0 saturated heterocycles. The molecule has 1 aliphatic heterocycles. The summed E-state index contributed by atoms with van der Waals surface area (Å²) in [5.74, 6) is -3.21. The van der Waals surface area contributed by atoms with E-state index in [1.165, 1.54) is 22.9 Å². The molecule has 0 aromatic carbocycles. The third-order valence-electron chi connectivity index (χ3n) is 6.31. The van der Waals surface area contributed by atoms with Crippen molar-refractivity contribution in [3.8, 4) is 5.82 Å². The molecule has 2 aliphatic rings. The molecule has 3 heterocycles. The van der Waals surface area contributed by atoms with Crippen molar-refractivity contribution in [2.24, 2.45) is 32.8 Å². The number of halogens is 1. The number of aliphatic hydroxyl groups is 1. The van der Waals surface area contributed by atoms with Crippen LogP contribution in [-0.2, 0) is 0 Å². The van der Waals surface area contributed by atoms with Gasteiger partial charge in [0.05, 0.1) is 11.1 Å². The number of aromatic nitrogens is 3. The van der Waals surface area contributed by atoms with Gasteiger partial charge in [0.2, 0.25) is 0 Å². The number of hydrogen-bond acceptors (Lipinski definition) is 9. The number of nitrogens with zero attached hydrogens (tertiary/aromatic N) is 9. The Bertz CT molecular complexity index is 1240. The smallest absolute Gasteiger partial charge is 0.352 e. The Morgan fingerprint density at radius 3 is 2.56 bits per heavy atom. The van der Waals surface area contributed by atoms with Crippen LogP contribution in [0.1, 0.15) is 22.1 Å². The van der Waals surface area contributed by atoms with E-state index in [0.717, 1.165) is 0 Å². The van der Waals surface area contributed by atoms with E-state index >= 15 is 0 Å². The Morgan fingerprint density at radius 1 is 1.29 bits per heavy atom. The number of alkyl halides is 1. The molecule has 0 bridgehead atoms. The van der Waals surface area contributed by atoms with E-state index in [-0.39, 0.29) is 36.5 Å². The van der Waals surface area contributed by atoms with Crippen molar-refractivity contribution in [1.29, 1.82) is 0 Å². The molecule has 1 saturated carbocycles. The summed E-state index contributed by atoms with van der Waals surface area (Å²) in [6.45, 7) is -0.173. The molecule has 16 nitrogen and oxygen atoms in total. The van der Waals surface area contributed by atoms with Crippen LogP contribution in [0.5, 0.6) is 0 Å². The number of nitrogens with one attached hydrogen (secondary N) is 2. The summed E-state index contributed by atoms with van der Waals surface area (Å²) < 4.78 is 1.32. The fourth-order valence-electron chi connectivity index (χ4n) is 5.07. The van der Waals surface area contributed by atoms with Gasteiger partial charge >= 0.3 is 5.97 Å². The van der Waals surface area contributed by atoms with E-state index in [4.69, 9.17) is 34.1 Å². The summed E-state index contributed by atoms with van der Waals surface area (Å²) in [6.07, 6.45) is 0.0524. The topological polar surface area (TPSA) is 265 Å². The number of hydrogen-bond donors (Lipinski definition) is 6. The predicted octanol–water partition coefficient (Wildman–Crippen LogP) is 1.01. The number of carboxylic acids is 1. The van der Waals surface area contributed by atoms with Gasteiger partial charge < -0.3 is 32.0 Å². The first-order valence-corrected chi connectivity index (χ1v) is 10.4. The number of carbonyl (C=O) groups is 1. The number of aliphatic hydroxyl groups excluding tert-OH is 1. The molecule has 34 heavy (non-hydrogen) atoms. The average Bonchev–Trinajstić information content (AvgIpc) is 3.52. The van der Waals surface area contributed by atoms with Gasteiger partial charge in [0.25, 0.3) is 0 Å². The summed E-state index contributed by atoms with van der Waals surface area (Å²) in [7, 11) is 0. The molecular weight excluding hydrogens is 470 g/mol. The van der Waals surface area contributed by atoms with Crippen molar-refractivity contribution < 1.29 is 15.0 Å². The van der Waals surface area contributed by atoms with E-state index < -0.39 is 40.9 Å². The minimum Gasteiger partial charge on any atom is -0.477 e. The number of imidazole rings is 1. The van der Waals surface area contributed by atoms with Crippen molar-refractivity contribution in [2.45, 2.75) is 23.1 Å². The number of aromatic amines is 1. The summed E-state index contributed by atoms with van der Waals surface area (Å²) in [4.78, 5) is 28.6. The van der Waals surface area contributed by atoms with Crippen LogP contribution in [0.25, 0.3) is 26.7 Å². The lowest BCUT2D eigenvalue weighted by Gasteiger charge is -2.37. The summed E-state index contributed by atoms with van der Waals surface area (Å²) in [5.41, 5.74) is 28.5. The largest absolute Gasteiger partial charge is 0.477 e. The zero-order chi connectivity index (χ0) is 24.6. The molecule has 6 atom stereocenters. The van der Waals surface area contributed by atoms with Crippen molar-refractivity contribution in [2.75, 3.05) is 18.8 Å². The van der Waals surface area contributed by atoms with Crippen LogP contribution in [-0.4, -0.2) is 66.9 Å². The standard InChI is InChI=1S/C17H20ClN13O3/c18-11-7(5-24-30-22)6(4-23-29-21)9(17(11)14(34)27-16(20)28-17)10-12(26-15(19)25-10)31-3-1-2-8(31)13(32)33/h1-3,6-7,9,11,14,34H,4-5H2,(H,32,33)(H3,19,25,26)(H3,20,27,28)/t6-,7-,9-,11+,14+,17+/m0/s1. The fourth-order valence-corrected chi connectivity index (χ4v) is 5.64. The van der Waals surface area contributed by atoms with Crippen LogP contribution in [0.2, 0.25) is 0 Å². The molecule has 17 heteroatoms. The summed E-state index contributed by atoms with van der Waals surface area (Å²) >= 11 is 6.89. The highest BCUT2D eigenvalue weighted by Crippen LogP contribution is 2.56. The molecule has 178 valence electrons. The Kier molecular flexibility index (Phi) is 5.89. The van der Waals surface area contributed by atoms with Crippen LogP contribution in [0.3, 0.4) is 0 Å². The van der Waals surface area contributed by atoms with E-state index in [1.54, 1.807) is 0 Å². The quantitative estimate of drug-likeness (QED) is 0.142. The van der Waals surface area contributed by atoms with Gasteiger partial charge in [-0.2, -0.15) is 4.98 Å². The van der Waals surface area contributed by atoms with Crippen molar-refractivity contribution in [3.05, 3.63) is 50.6 Å². The summed E-state index contributed by atoms with van der Waals surface area (Å²) in [6, 6.07) is 2.91. The molecular formula is C17H20ClN13O3. The van der Waals surface area contributed by atoms with Gasteiger partial charge in [0.15, 0.2) is 24.0 Å². The second kappa shape index (κ2) is 8.68. The fraction of sp³-hybridized carbons (Fsp3) is 0.471. The Labute approximate surface area is 195 Å². The van der Waals surface area contributed by atoms with Gasteiger partial charge in [0.1, 0.15) is 11.2 Å². The number of azide groups is 2. The van der Waals surface area contributed by atoms with Crippen LogP contribution in [0.15, 0.2) is 33.6 Å². The third-order valence-corrected chi connectivity index (χ3v) is 6.99. The number of aromatic carboxylic acids is 1. The maximum atomic E-state index is 11.8. The number of rotatable bonds is 7. The van der Waals surface area contributed by atoms with Gasteiger partial charge in [-0.05, 0) is 35.0 Å². The molecule has 0 radical (unpaired) electrons. The monoisotopic (exact) mass is 489 g/mol. The number of nitrogens with two attached hydrogens (primary N) is 2. The SMILES string of the molecule is [N-]=[N+]=NC[C@H]1[C@H](CN=[N+]=[N-])[C@@H](c2[nH]c(N)nc2-n2cccc2C(=O)O)[C@@]2(NC(N)=N[C@@H]2O)[C@@H]1Cl. The lowest BCUT2D eigenvalue weighted by atomic mass is 9.79. The number of nitrogen functional groups attached to an aromatic ring is 1. The molecule has 1 spiro atoms. The molecule has 1 fully saturated rings. The van der Waals surface area contributed by atoms with Gasteiger partial charge in [0, 0.05) is 35.0 Å².